The zero-order valence-corrected chi connectivity index (χ0v) is 27.1. The summed E-state index contributed by atoms with van der Waals surface area (Å²) in [5.41, 5.74) is 8.65. The van der Waals surface area contributed by atoms with Gasteiger partial charge in [-0.1, -0.05) is 19.8 Å². The van der Waals surface area contributed by atoms with Crippen molar-refractivity contribution >= 4 is 27.0 Å². The summed E-state index contributed by atoms with van der Waals surface area (Å²) in [6.07, 6.45) is 10.7. The Morgan fingerprint density at radius 2 is 1.85 bits per heavy atom. The molecule has 2 aliphatic carbocycles. The number of fused-ring (bicyclic) bond motifs is 1. The van der Waals surface area contributed by atoms with Crippen LogP contribution in [0.25, 0.3) is 16.8 Å². The molecule has 4 unspecified atom stereocenters. The van der Waals surface area contributed by atoms with Crippen LogP contribution < -0.4 is 11.1 Å². The van der Waals surface area contributed by atoms with Gasteiger partial charge in [0.25, 0.3) is 0 Å². The number of halogens is 2. The molecular weight excluding hydrogens is 614 g/mol. The number of methoxy groups -OCH3 is 1. The summed E-state index contributed by atoms with van der Waals surface area (Å²) in [6, 6.07) is 7.69. The van der Waals surface area contributed by atoms with Crippen LogP contribution in [0.2, 0.25) is 0 Å². The van der Waals surface area contributed by atoms with Crippen molar-refractivity contribution in [2.45, 2.75) is 69.1 Å². The van der Waals surface area contributed by atoms with Crippen LogP contribution in [0.3, 0.4) is 0 Å². The molecule has 0 saturated heterocycles. The van der Waals surface area contributed by atoms with Gasteiger partial charge in [0, 0.05) is 25.6 Å². The van der Waals surface area contributed by atoms with E-state index in [1.54, 1.807) is 37.8 Å². The topological polar surface area (TPSA) is 134 Å². The Labute approximate surface area is 267 Å². The van der Waals surface area contributed by atoms with Crippen LogP contribution >= 0.6 is 0 Å². The molecule has 13 heteroatoms. The summed E-state index contributed by atoms with van der Waals surface area (Å²) >= 11 is 0. The molecule has 10 nitrogen and oxygen atoms in total. The first-order chi connectivity index (χ1) is 22.0. The number of aromatic nitrogens is 4. The molecule has 4 atom stereocenters. The average Bonchev–Trinajstić information content (AvgIpc) is 3.66. The van der Waals surface area contributed by atoms with Gasteiger partial charge in [0.15, 0.2) is 0 Å². The van der Waals surface area contributed by atoms with Gasteiger partial charge in [-0.05, 0) is 79.0 Å². The molecule has 0 aliphatic heterocycles. The molecule has 0 amide bonds. The molecule has 246 valence electrons. The number of anilines is 2. The van der Waals surface area contributed by atoms with Crippen LogP contribution in [0.1, 0.15) is 62.5 Å². The highest BCUT2D eigenvalue weighted by molar-refractivity contribution is 7.90. The maximum Gasteiger partial charge on any atom is 0.229 e. The zero-order valence-electron chi connectivity index (χ0n) is 26.2. The molecule has 4 aromatic rings. The Morgan fingerprint density at radius 3 is 2.52 bits per heavy atom. The van der Waals surface area contributed by atoms with Gasteiger partial charge in [-0.2, -0.15) is 9.61 Å². The Bertz CT molecular complexity index is 1790. The van der Waals surface area contributed by atoms with E-state index < -0.39 is 27.1 Å². The standard InChI is InChI=1S/C33H40F2N6O4S/c1-20-14-21(15-27(36)31(20)45-12-13-46(3,42)43)24-8-11-37-19-29(24)39-32-38-18-23-6-7-28(40-41(23)32)30-25(34)16-22(17-26(30)35)33(44-2)9-4-5-10-33/h6-8,11,16-21,27,31H,4-5,9-10,12-15,36H2,1-3H3,(H,38,39). The Morgan fingerprint density at radius 1 is 1.11 bits per heavy atom. The van der Waals surface area contributed by atoms with E-state index in [0.717, 1.165) is 37.7 Å². The first-order valence-corrected chi connectivity index (χ1v) is 17.7. The number of benzene rings is 1. The third-order valence-corrected chi connectivity index (χ3v) is 10.4. The summed E-state index contributed by atoms with van der Waals surface area (Å²) in [7, 11) is -1.54. The lowest BCUT2D eigenvalue weighted by Gasteiger charge is -2.39. The van der Waals surface area contributed by atoms with Crippen molar-refractivity contribution in [2.75, 3.05) is 31.0 Å². The minimum absolute atomic E-state index is 0.0437. The summed E-state index contributed by atoms with van der Waals surface area (Å²) in [5, 5.41) is 7.93. The van der Waals surface area contributed by atoms with Crippen molar-refractivity contribution in [3.8, 4) is 11.3 Å². The van der Waals surface area contributed by atoms with Gasteiger partial charge in [0.1, 0.15) is 21.5 Å². The van der Waals surface area contributed by atoms with Crippen molar-refractivity contribution < 1.29 is 26.7 Å². The minimum atomic E-state index is -3.13. The van der Waals surface area contributed by atoms with Gasteiger partial charge in [-0.3, -0.25) is 4.98 Å². The van der Waals surface area contributed by atoms with E-state index in [-0.39, 0.29) is 47.6 Å². The fourth-order valence-electron chi connectivity index (χ4n) is 7.17. The fourth-order valence-corrected chi connectivity index (χ4v) is 7.57. The monoisotopic (exact) mass is 654 g/mol. The molecule has 0 spiro atoms. The Balaban J connectivity index is 1.25. The number of nitrogens with one attached hydrogen (secondary N) is 1. The van der Waals surface area contributed by atoms with Crippen LogP contribution in [0, 0.1) is 17.6 Å². The number of nitrogens with zero attached hydrogens (tertiary/aromatic N) is 4. The normalized spacial score (nSPS) is 23.2. The fraction of sp³-hybridized carbons (Fsp3) is 0.485. The van der Waals surface area contributed by atoms with Crippen molar-refractivity contribution in [2.24, 2.45) is 11.7 Å². The molecule has 2 aliphatic rings. The van der Waals surface area contributed by atoms with Crippen LogP contribution in [0.15, 0.2) is 48.9 Å². The number of hydrogen-bond acceptors (Lipinski definition) is 9. The quantitative estimate of drug-likeness (QED) is 0.227. The summed E-state index contributed by atoms with van der Waals surface area (Å²) in [4.78, 5) is 8.82. The zero-order chi connectivity index (χ0) is 32.6. The predicted octanol–water partition coefficient (Wildman–Crippen LogP) is 5.50. The number of rotatable bonds is 10. The largest absolute Gasteiger partial charge is 0.375 e. The van der Waals surface area contributed by atoms with Crippen LogP contribution in [-0.2, 0) is 24.9 Å². The van der Waals surface area contributed by atoms with Gasteiger partial charge < -0.3 is 20.5 Å². The van der Waals surface area contributed by atoms with Gasteiger partial charge in [0.2, 0.25) is 5.95 Å². The first-order valence-electron chi connectivity index (χ1n) is 15.6. The number of ether oxygens (including phenoxy) is 2. The third-order valence-electron chi connectivity index (χ3n) is 9.51. The van der Waals surface area contributed by atoms with E-state index in [1.807, 2.05) is 6.07 Å². The first kappa shape index (κ1) is 32.4. The van der Waals surface area contributed by atoms with E-state index in [4.69, 9.17) is 15.2 Å². The van der Waals surface area contributed by atoms with E-state index in [1.165, 1.54) is 22.9 Å². The van der Waals surface area contributed by atoms with E-state index in [9.17, 15) is 8.42 Å². The molecule has 46 heavy (non-hydrogen) atoms. The molecule has 0 bridgehead atoms. The molecular formula is C33H40F2N6O4S. The molecule has 2 fully saturated rings. The minimum Gasteiger partial charge on any atom is -0.375 e. The highest BCUT2D eigenvalue weighted by Gasteiger charge is 2.38. The van der Waals surface area contributed by atoms with Crippen molar-refractivity contribution in [1.82, 2.24) is 19.6 Å². The summed E-state index contributed by atoms with van der Waals surface area (Å²) < 4.78 is 67.4. The lowest BCUT2D eigenvalue weighted by atomic mass is 9.74. The van der Waals surface area contributed by atoms with Gasteiger partial charge >= 0.3 is 0 Å². The van der Waals surface area contributed by atoms with Gasteiger partial charge in [0.05, 0.1) is 58.9 Å². The average molecular weight is 655 g/mol. The van der Waals surface area contributed by atoms with Crippen LogP contribution in [0.4, 0.5) is 20.4 Å². The van der Waals surface area contributed by atoms with Crippen molar-refractivity contribution in [3.05, 3.63) is 71.7 Å². The SMILES string of the molecule is COC1(c2cc(F)c(-c3ccc4cnc(Nc5cnccc5C5CC(C)C(OCCS(C)(=O)=O)C(N)C5)n4n3)c(F)c2)CCCC1. The van der Waals surface area contributed by atoms with Gasteiger partial charge in [-0.25, -0.2) is 22.2 Å². The van der Waals surface area contributed by atoms with Crippen molar-refractivity contribution in [3.63, 3.8) is 0 Å². The lowest BCUT2D eigenvalue weighted by Crippen LogP contribution is -2.47. The molecule has 6 rings (SSSR count). The van der Waals surface area contributed by atoms with Crippen LogP contribution in [0.5, 0.6) is 0 Å². The maximum atomic E-state index is 15.6. The smallest absolute Gasteiger partial charge is 0.229 e. The Kier molecular flexibility index (Phi) is 9.12. The third kappa shape index (κ3) is 6.51. The molecule has 2 saturated carbocycles. The molecule has 3 heterocycles. The lowest BCUT2D eigenvalue weighted by molar-refractivity contribution is -0.0152. The van der Waals surface area contributed by atoms with Gasteiger partial charge in [-0.15, -0.1) is 0 Å². The van der Waals surface area contributed by atoms with Crippen molar-refractivity contribution in [1.29, 1.82) is 0 Å². The highest BCUT2D eigenvalue weighted by atomic mass is 32.2. The molecule has 0 radical (unpaired) electrons. The summed E-state index contributed by atoms with van der Waals surface area (Å²) in [5.74, 6) is -0.904. The van der Waals surface area contributed by atoms with Crippen LogP contribution in [-0.4, -0.2) is 65.9 Å². The number of imidazole rings is 1. The second-order valence-electron chi connectivity index (χ2n) is 12.7. The Hall–Kier alpha value is -3.52. The second kappa shape index (κ2) is 12.9. The maximum absolute atomic E-state index is 15.6. The van der Waals surface area contributed by atoms with E-state index >= 15 is 8.78 Å². The number of pyridine rings is 1. The second-order valence-corrected chi connectivity index (χ2v) is 15.0. The van der Waals surface area contributed by atoms with E-state index in [2.05, 4.69) is 27.3 Å². The molecule has 1 aromatic carbocycles. The highest BCUT2D eigenvalue weighted by Crippen LogP contribution is 2.43. The summed E-state index contributed by atoms with van der Waals surface area (Å²) in [6.45, 7) is 2.18. The number of nitrogens with two attached hydrogens (primary N) is 1. The number of sulfone groups is 1. The predicted molar refractivity (Wildman–Crippen MR) is 172 cm³/mol. The number of hydrogen-bond donors (Lipinski definition) is 2. The molecule has 3 aromatic heterocycles. The molecule has 3 N–H and O–H groups in total. The van der Waals surface area contributed by atoms with E-state index in [0.29, 0.717) is 29.1 Å².